The maximum atomic E-state index is 6.10. The smallest absolute Gasteiger partial charge is 0.181 e. The summed E-state index contributed by atoms with van der Waals surface area (Å²) in [6.45, 7) is 0. The Balaban J connectivity index is 2.12. The SMILES string of the molecule is Nc1nc(-c2ncccc2Br)nc2c1CCCCC2. The van der Waals surface area contributed by atoms with Crippen molar-refractivity contribution < 1.29 is 0 Å². The fourth-order valence-electron chi connectivity index (χ4n) is 2.46. The molecule has 0 aromatic carbocycles. The van der Waals surface area contributed by atoms with Gasteiger partial charge in [-0.05, 0) is 53.7 Å². The van der Waals surface area contributed by atoms with Gasteiger partial charge in [0.25, 0.3) is 0 Å². The maximum Gasteiger partial charge on any atom is 0.181 e. The van der Waals surface area contributed by atoms with Crippen molar-refractivity contribution in [2.75, 3.05) is 5.73 Å². The van der Waals surface area contributed by atoms with Gasteiger partial charge in [0.15, 0.2) is 5.82 Å². The Hall–Kier alpha value is -1.49. The molecule has 0 spiro atoms. The number of pyridine rings is 1. The third-order valence-electron chi connectivity index (χ3n) is 3.44. The summed E-state index contributed by atoms with van der Waals surface area (Å²) in [7, 11) is 0. The number of hydrogen-bond acceptors (Lipinski definition) is 4. The summed E-state index contributed by atoms with van der Waals surface area (Å²) in [6.07, 6.45) is 7.30. The van der Waals surface area contributed by atoms with Gasteiger partial charge in [0.1, 0.15) is 11.5 Å². The summed E-state index contributed by atoms with van der Waals surface area (Å²) in [6, 6.07) is 3.81. The highest BCUT2D eigenvalue weighted by Gasteiger charge is 2.17. The highest BCUT2D eigenvalue weighted by molar-refractivity contribution is 9.10. The Kier molecular flexibility index (Phi) is 3.46. The summed E-state index contributed by atoms with van der Waals surface area (Å²) >= 11 is 3.49. The third kappa shape index (κ3) is 2.47. The van der Waals surface area contributed by atoms with Crippen molar-refractivity contribution in [1.29, 1.82) is 0 Å². The summed E-state index contributed by atoms with van der Waals surface area (Å²) in [4.78, 5) is 13.4. The molecule has 1 aliphatic rings. The molecule has 0 bridgehead atoms. The van der Waals surface area contributed by atoms with Crippen LogP contribution in [0.4, 0.5) is 5.82 Å². The maximum absolute atomic E-state index is 6.10. The molecular weight excluding hydrogens is 304 g/mol. The largest absolute Gasteiger partial charge is 0.383 e. The lowest BCUT2D eigenvalue weighted by molar-refractivity contribution is 0.709. The van der Waals surface area contributed by atoms with E-state index in [9.17, 15) is 0 Å². The molecule has 0 saturated heterocycles. The first kappa shape index (κ1) is 12.5. The van der Waals surface area contributed by atoms with E-state index in [-0.39, 0.29) is 0 Å². The average molecular weight is 319 g/mol. The van der Waals surface area contributed by atoms with Crippen LogP contribution in [0.3, 0.4) is 0 Å². The fraction of sp³-hybridized carbons (Fsp3) is 0.357. The van der Waals surface area contributed by atoms with Gasteiger partial charge in [0, 0.05) is 21.9 Å². The van der Waals surface area contributed by atoms with Crippen molar-refractivity contribution in [2.45, 2.75) is 32.1 Å². The molecule has 0 saturated carbocycles. The van der Waals surface area contributed by atoms with E-state index in [1.54, 1.807) is 6.20 Å². The van der Waals surface area contributed by atoms with Gasteiger partial charge in [-0.25, -0.2) is 9.97 Å². The summed E-state index contributed by atoms with van der Waals surface area (Å²) in [5.41, 5.74) is 9.08. The van der Waals surface area contributed by atoms with E-state index in [1.165, 1.54) is 19.3 Å². The molecule has 4 nitrogen and oxygen atoms in total. The van der Waals surface area contributed by atoms with Gasteiger partial charge in [-0.1, -0.05) is 6.42 Å². The normalized spacial score (nSPS) is 14.8. The lowest BCUT2D eigenvalue weighted by Crippen LogP contribution is -2.07. The molecule has 98 valence electrons. The Morgan fingerprint density at radius 1 is 1.11 bits per heavy atom. The van der Waals surface area contributed by atoms with Gasteiger partial charge in [0.2, 0.25) is 0 Å². The van der Waals surface area contributed by atoms with Gasteiger partial charge in [-0.3, -0.25) is 4.98 Å². The highest BCUT2D eigenvalue weighted by Crippen LogP contribution is 2.28. The molecule has 0 atom stereocenters. The molecule has 3 rings (SSSR count). The zero-order chi connectivity index (χ0) is 13.2. The predicted molar refractivity (Wildman–Crippen MR) is 78.6 cm³/mol. The molecule has 5 heteroatoms. The number of nitrogens with two attached hydrogens (primary N) is 1. The van der Waals surface area contributed by atoms with Crippen molar-refractivity contribution >= 4 is 21.7 Å². The van der Waals surface area contributed by atoms with E-state index in [2.05, 4.69) is 30.9 Å². The lowest BCUT2D eigenvalue weighted by atomic mass is 10.1. The lowest BCUT2D eigenvalue weighted by Gasteiger charge is -2.10. The van der Waals surface area contributed by atoms with E-state index < -0.39 is 0 Å². The van der Waals surface area contributed by atoms with E-state index >= 15 is 0 Å². The summed E-state index contributed by atoms with van der Waals surface area (Å²) < 4.78 is 0.892. The van der Waals surface area contributed by atoms with Crippen LogP contribution in [0.5, 0.6) is 0 Å². The summed E-state index contributed by atoms with van der Waals surface area (Å²) in [5.74, 6) is 1.23. The van der Waals surface area contributed by atoms with Crippen LogP contribution in [0, 0.1) is 0 Å². The number of rotatable bonds is 1. The van der Waals surface area contributed by atoms with E-state index in [4.69, 9.17) is 5.73 Å². The van der Waals surface area contributed by atoms with Gasteiger partial charge in [0.05, 0.1) is 0 Å². The molecule has 2 aromatic heterocycles. The fourth-order valence-corrected chi connectivity index (χ4v) is 2.89. The van der Waals surface area contributed by atoms with Gasteiger partial charge in [-0.15, -0.1) is 0 Å². The second-order valence-electron chi connectivity index (χ2n) is 4.75. The first-order valence-corrected chi connectivity index (χ1v) is 7.31. The Morgan fingerprint density at radius 2 is 1.95 bits per heavy atom. The first-order valence-electron chi connectivity index (χ1n) is 6.52. The molecule has 0 radical (unpaired) electrons. The molecule has 2 heterocycles. The second kappa shape index (κ2) is 5.25. The van der Waals surface area contributed by atoms with Crippen LogP contribution in [-0.2, 0) is 12.8 Å². The zero-order valence-corrected chi connectivity index (χ0v) is 12.2. The number of aryl methyl sites for hydroxylation is 1. The molecule has 1 aliphatic carbocycles. The van der Waals surface area contributed by atoms with Crippen molar-refractivity contribution in [3.8, 4) is 11.5 Å². The average Bonchev–Trinajstić information content (AvgIpc) is 2.65. The number of halogens is 1. The standard InChI is InChI=1S/C14H15BrN4/c15-10-6-4-8-17-12(10)14-18-11-7-3-1-2-5-9(11)13(16)19-14/h4,6,8H,1-3,5,7H2,(H2,16,18,19). The minimum absolute atomic E-state index is 0.611. The number of hydrogen-bond donors (Lipinski definition) is 1. The van der Waals surface area contributed by atoms with Crippen LogP contribution < -0.4 is 5.73 Å². The van der Waals surface area contributed by atoms with Gasteiger partial charge in [-0.2, -0.15) is 0 Å². The summed E-state index contributed by atoms with van der Waals surface area (Å²) in [5, 5.41) is 0. The Morgan fingerprint density at radius 3 is 2.79 bits per heavy atom. The van der Waals surface area contributed by atoms with Crippen LogP contribution in [0.25, 0.3) is 11.5 Å². The minimum Gasteiger partial charge on any atom is -0.383 e. The second-order valence-corrected chi connectivity index (χ2v) is 5.61. The molecule has 2 N–H and O–H groups in total. The molecule has 0 aliphatic heterocycles. The van der Waals surface area contributed by atoms with Crippen LogP contribution in [0.15, 0.2) is 22.8 Å². The quantitative estimate of drug-likeness (QED) is 0.820. The Bertz CT molecular complexity index is 612. The van der Waals surface area contributed by atoms with Crippen LogP contribution in [0.2, 0.25) is 0 Å². The zero-order valence-electron chi connectivity index (χ0n) is 10.6. The van der Waals surface area contributed by atoms with E-state index in [0.29, 0.717) is 11.6 Å². The number of nitrogen functional groups attached to an aromatic ring is 1. The molecule has 0 fully saturated rings. The van der Waals surface area contributed by atoms with Crippen molar-refractivity contribution in [3.05, 3.63) is 34.1 Å². The van der Waals surface area contributed by atoms with Crippen molar-refractivity contribution in [2.24, 2.45) is 0 Å². The third-order valence-corrected chi connectivity index (χ3v) is 4.08. The number of anilines is 1. The number of nitrogens with zero attached hydrogens (tertiary/aromatic N) is 3. The van der Waals surface area contributed by atoms with Crippen LogP contribution in [0.1, 0.15) is 30.5 Å². The molecular formula is C14H15BrN4. The highest BCUT2D eigenvalue weighted by atomic mass is 79.9. The first-order chi connectivity index (χ1) is 9.25. The topological polar surface area (TPSA) is 64.7 Å². The molecule has 2 aromatic rings. The molecule has 0 unspecified atom stereocenters. The predicted octanol–water partition coefficient (Wildman–Crippen LogP) is 3.15. The van der Waals surface area contributed by atoms with Crippen molar-refractivity contribution in [1.82, 2.24) is 15.0 Å². The van der Waals surface area contributed by atoms with Crippen LogP contribution >= 0.6 is 15.9 Å². The number of fused-ring (bicyclic) bond motifs is 1. The monoisotopic (exact) mass is 318 g/mol. The molecule has 19 heavy (non-hydrogen) atoms. The van der Waals surface area contributed by atoms with Gasteiger partial charge < -0.3 is 5.73 Å². The van der Waals surface area contributed by atoms with Gasteiger partial charge >= 0.3 is 0 Å². The van der Waals surface area contributed by atoms with E-state index in [1.807, 2.05) is 12.1 Å². The number of aromatic nitrogens is 3. The van der Waals surface area contributed by atoms with E-state index in [0.717, 1.165) is 34.3 Å². The minimum atomic E-state index is 0.611. The van der Waals surface area contributed by atoms with Crippen molar-refractivity contribution in [3.63, 3.8) is 0 Å². The molecule has 0 amide bonds. The Labute approximate surface area is 120 Å². The van der Waals surface area contributed by atoms with Crippen LogP contribution in [-0.4, -0.2) is 15.0 Å².